The molecule has 5 heteroatoms. The molecule has 0 aliphatic heterocycles. The summed E-state index contributed by atoms with van der Waals surface area (Å²) in [6.07, 6.45) is -2.58. The molecule has 1 aromatic heterocycles. The molecule has 0 amide bonds. The number of hydrogen-bond acceptors (Lipinski definition) is 2. The highest BCUT2D eigenvalue weighted by Crippen LogP contribution is 2.32. The van der Waals surface area contributed by atoms with Crippen molar-refractivity contribution in [3.05, 3.63) is 64.5 Å². The number of alkyl halides is 3. The largest absolute Gasteiger partial charge is 0.417 e. The van der Waals surface area contributed by atoms with Crippen LogP contribution in [0.4, 0.5) is 13.2 Å². The Kier molecular flexibility index (Phi) is 3.61. The molecule has 0 fully saturated rings. The third-order valence-corrected chi connectivity index (χ3v) is 3.00. The van der Waals surface area contributed by atoms with E-state index in [1.165, 1.54) is 0 Å². The molecule has 2 rings (SSSR count). The van der Waals surface area contributed by atoms with Crippen molar-refractivity contribution in [3.8, 4) is 0 Å². The molecule has 0 atom stereocenters. The first-order chi connectivity index (χ1) is 9.30. The summed E-state index contributed by atoms with van der Waals surface area (Å²) in [7, 11) is 0. The smallest absolute Gasteiger partial charge is 0.289 e. The highest BCUT2D eigenvalue weighted by atomic mass is 19.4. The fourth-order valence-electron chi connectivity index (χ4n) is 2.04. The summed E-state index contributed by atoms with van der Waals surface area (Å²) < 4.78 is 38.7. The zero-order valence-corrected chi connectivity index (χ0v) is 11.0. The summed E-state index contributed by atoms with van der Waals surface area (Å²) >= 11 is 0. The van der Waals surface area contributed by atoms with Crippen molar-refractivity contribution in [2.75, 3.05) is 0 Å². The molecule has 2 aromatic rings. The van der Waals surface area contributed by atoms with Gasteiger partial charge in [0.1, 0.15) is 0 Å². The Morgan fingerprint density at radius 2 is 1.80 bits per heavy atom. The molecular weight excluding hydrogens is 267 g/mol. The number of aromatic nitrogens is 1. The lowest BCUT2D eigenvalue weighted by Gasteiger charge is -2.12. The van der Waals surface area contributed by atoms with E-state index < -0.39 is 23.1 Å². The van der Waals surface area contributed by atoms with Gasteiger partial charge in [0, 0.05) is 18.0 Å². The first-order valence-electron chi connectivity index (χ1n) is 5.94. The van der Waals surface area contributed by atoms with E-state index in [-0.39, 0.29) is 5.56 Å². The summed E-state index contributed by atoms with van der Waals surface area (Å²) in [5, 5.41) is 0. The van der Waals surface area contributed by atoms with Crippen LogP contribution in [0.5, 0.6) is 0 Å². The molecule has 20 heavy (non-hydrogen) atoms. The molecule has 0 N–H and O–H groups in total. The monoisotopic (exact) mass is 279 g/mol. The standard InChI is InChI=1S/C15H12F3NO/c1-9-3-4-11(10(2)7-9)14(20)12-8-19-6-5-13(12)15(16,17)18/h3-8H,1-2H3. The number of hydrogen-bond donors (Lipinski definition) is 0. The molecule has 0 bridgehead atoms. The highest BCUT2D eigenvalue weighted by molar-refractivity contribution is 6.10. The average Bonchev–Trinajstić information content (AvgIpc) is 2.37. The van der Waals surface area contributed by atoms with Gasteiger partial charge >= 0.3 is 6.18 Å². The third kappa shape index (κ3) is 2.71. The molecule has 104 valence electrons. The molecule has 0 spiro atoms. The minimum atomic E-state index is -4.58. The lowest BCUT2D eigenvalue weighted by atomic mass is 9.96. The Morgan fingerprint density at radius 1 is 1.10 bits per heavy atom. The summed E-state index contributed by atoms with van der Waals surface area (Å²) in [6, 6.07) is 5.82. The van der Waals surface area contributed by atoms with Gasteiger partial charge in [-0.25, -0.2) is 0 Å². The topological polar surface area (TPSA) is 30.0 Å². The van der Waals surface area contributed by atoms with Crippen LogP contribution in [0.1, 0.15) is 32.6 Å². The molecule has 1 heterocycles. The molecular formula is C15H12F3NO. The van der Waals surface area contributed by atoms with E-state index in [1.54, 1.807) is 25.1 Å². The summed E-state index contributed by atoms with van der Waals surface area (Å²) in [4.78, 5) is 15.9. The number of aryl methyl sites for hydroxylation is 2. The van der Waals surface area contributed by atoms with Crippen molar-refractivity contribution < 1.29 is 18.0 Å². The van der Waals surface area contributed by atoms with Crippen LogP contribution in [0.25, 0.3) is 0 Å². The zero-order valence-electron chi connectivity index (χ0n) is 11.0. The van der Waals surface area contributed by atoms with Crippen LogP contribution in [0.2, 0.25) is 0 Å². The fraction of sp³-hybridized carbons (Fsp3) is 0.200. The Bertz CT molecular complexity index is 662. The Balaban J connectivity index is 2.55. The van der Waals surface area contributed by atoms with E-state index in [0.29, 0.717) is 5.56 Å². The minimum absolute atomic E-state index is 0.258. The van der Waals surface area contributed by atoms with E-state index >= 15 is 0 Å². The summed E-state index contributed by atoms with van der Waals surface area (Å²) in [5.41, 5.74) is 0.465. The summed E-state index contributed by atoms with van der Waals surface area (Å²) in [5.74, 6) is -0.664. The van der Waals surface area contributed by atoms with Crippen molar-refractivity contribution in [1.82, 2.24) is 4.98 Å². The molecule has 1 aromatic carbocycles. The fourth-order valence-corrected chi connectivity index (χ4v) is 2.04. The maximum atomic E-state index is 12.9. The lowest BCUT2D eigenvalue weighted by Crippen LogP contribution is -2.15. The van der Waals surface area contributed by atoms with Gasteiger partial charge in [-0.3, -0.25) is 9.78 Å². The van der Waals surface area contributed by atoms with Gasteiger partial charge in [-0.1, -0.05) is 23.8 Å². The van der Waals surface area contributed by atoms with E-state index in [2.05, 4.69) is 4.98 Å². The quantitative estimate of drug-likeness (QED) is 0.779. The number of rotatable bonds is 2. The SMILES string of the molecule is Cc1ccc(C(=O)c2cnccc2C(F)(F)F)c(C)c1. The second-order valence-electron chi connectivity index (χ2n) is 4.57. The van der Waals surface area contributed by atoms with Crippen LogP contribution in [-0.2, 0) is 6.18 Å². The molecule has 0 aliphatic carbocycles. The predicted octanol–water partition coefficient (Wildman–Crippen LogP) is 3.95. The van der Waals surface area contributed by atoms with Gasteiger partial charge in [0.15, 0.2) is 5.78 Å². The number of carbonyl (C=O) groups is 1. The van der Waals surface area contributed by atoms with E-state index in [4.69, 9.17) is 0 Å². The van der Waals surface area contributed by atoms with Gasteiger partial charge in [-0.05, 0) is 25.5 Å². The molecule has 0 saturated heterocycles. The number of halogens is 3. The second-order valence-corrected chi connectivity index (χ2v) is 4.57. The number of ketones is 1. The van der Waals surface area contributed by atoms with Crippen LogP contribution < -0.4 is 0 Å². The van der Waals surface area contributed by atoms with Crippen LogP contribution in [-0.4, -0.2) is 10.8 Å². The van der Waals surface area contributed by atoms with Gasteiger partial charge in [-0.2, -0.15) is 13.2 Å². The van der Waals surface area contributed by atoms with Crippen molar-refractivity contribution in [2.24, 2.45) is 0 Å². The van der Waals surface area contributed by atoms with Crippen LogP contribution in [0.15, 0.2) is 36.7 Å². The highest BCUT2D eigenvalue weighted by Gasteiger charge is 2.35. The van der Waals surface area contributed by atoms with Crippen molar-refractivity contribution >= 4 is 5.78 Å². The Labute approximate surface area is 114 Å². The third-order valence-electron chi connectivity index (χ3n) is 3.00. The first kappa shape index (κ1) is 14.2. The predicted molar refractivity (Wildman–Crippen MR) is 68.6 cm³/mol. The first-order valence-corrected chi connectivity index (χ1v) is 5.94. The van der Waals surface area contributed by atoms with Crippen molar-refractivity contribution in [3.63, 3.8) is 0 Å². The van der Waals surface area contributed by atoms with Gasteiger partial charge in [0.2, 0.25) is 0 Å². The molecule has 2 nitrogen and oxygen atoms in total. The number of carbonyl (C=O) groups excluding carboxylic acids is 1. The van der Waals surface area contributed by atoms with Crippen LogP contribution in [0, 0.1) is 13.8 Å². The molecule has 0 saturated carbocycles. The Morgan fingerprint density at radius 3 is 2.40 bits per heavy atom. The molecule has 0 aliphatic rings. The van der Waals surface area contributed by atoms with Crippen molar-refractivity contribution in [2.45, 2.75) is 20.0 Å². The van der Waals surface area contributed by atoms with Crippen molar-refractivity contribution in [1.29, 1.82) is 0 Å². The van der Waals surface area contributed by atoms with Gasteiger partial charge in [-0.15, -0.1) is 0 Å². The Hall–Kier alpha value is -2.17. The van der Waals surface area contributed by atoms with E-state index in [0.717, 1.165) is 24.0 Å². The van der Waals surface area contributed by atoms with E-state index in [1.807, 2.05) is 6.92 Å². The van der Waals surface area contributed by atoms with Gasteiger partial charge in [0.25, 0.3) is 0 Å². The van der Waals surface area contributed by atoms with Gasteiger partial charge < -0.3 is 0 Å². The maximum absolute atomic E-state index is 12.9. The number of pyridine rings is 1. The minimum Gasteiger partial charge on any atom is -0.289 e. The second kappa shape index (κ2) is 5.07. The lowest BCUT2D eigenvalue weighted by molar-refractivity contribution is -0.137. The number of nitrogens with zero attached hydrogens (tertiary/aromatic N) is 1. The summed E-state index contributed by atoms with van der Waals surface area (Å²) in [6.45, 7) is 3.55. The average molecular weight is 279 g/mol. The molecule has 0 unspecified atom stereocenters. The molecule has 0 radical (unpaired) electrons. The van der Waals surface area contributed by atoms with Crippen LogP contribution in [0.3, 0.4) is 0 Å². The van der Waals surface area contributed by atoms with Crippen LogP contribution >= 0.6 is 0 Å². The van der Waals surface area contributed by atoms with Gasteiger partial charge in [0.05, 0.1) is 11.1 Å². The normalized spacial score (nSPS) is 11.4. The van der Waals surface area contributed by atoms with E-state index in [9.17, 15) is 18.0 Å². The number of benzene rings is 1. The zero-order chi connectivity index (χ0) is 14.9. The maximum Gasteiger partial charge on any atom is 0.417 e.